The maximum Gasteiger partial charge on any atom is 0.228 e. The van der Waals surface area contributed by atoms with Crippen molar-refractivity contribution >= 4 is 15.9 Å². The van der Waals surface area contributed by atoms with Crippen molar-refractivity contribution in [1.82, 2.24) is 9.21 Å². The smallest absolute Gasteiger partial charge is 0.228 e. The van der Waals surface area contributed by atoms with Crippen LogP contribution in [0.25, 0.3) is 0 Å². The Labute approximate surface area is 128 Å². The van der Waals surface area contributed by atoms with Crippen molar-refractivity contribution in [3.63, 3.8) is 0 Å². The second-order valence-electron chi connectivity index (χ2n) is 6.52. The largest absolute Gasteiger partial charge is 0.337 e. The van der Waals surface area contributed by atoms with Crippen molar-refractivity contribution in [2.75, 3.05) is 13.1 Å². The van der Waals surface area contributed by atoms with Crippen LogP contribution in [0, 0.1) is 5.92 Å². The number of hydrogen-bond donors (Lipinski definition) is 0. The average molecular weight is 316 g/mol. The van der Waals surface area contributed by atoms with Crippen molar-refractivity contribution in [2.45, 2.75) is 70.7 Å². The molecule has 6 heteroatoms. The minimum atomic E-state index is -3.11. The normalized spacial score (nSPS) is 23.4. The zero-order chi connectivity index (χ0) is 15.8. The van der Waals surface area contributed by atoms with E-state index < -0.39 is 10.0 Å². The lowest BCUT2D eigenvalue weighted by Crippen LogP contribution is -2.59. The number of amides is 1. The van der Waals surface area contributed by atoms with Gasteiger partial charge in [0.05, 0.1) is 11.2 Å². The van der Waals surface area contributed by atoms with E-state index in [1.54, 1.807) is 0 Å². The average Bonchev–Trinajstić information content (AvgIpc) is 3.20. The fraction of sp³-hybridized carbons (Fsp3) is 0.933. The summed E-state index contributed by atoms with van der Waals surface area (Å²) in [6.07, 6.45) is 3.41. The summed E-state index contributed by atoms with van der Waals surface area (Å²) in [5.74, 6) is -0.0255. The molecule has 1 aliphatic heterocycles. The van der Waals surface area contributed by atoms with Gasteiger partial charge in [0.25, 0.3) is 0 Å². The molecule has 1 saturated heterocycles. The molecule has 2 aliphatic rings. The van der Waals surface area contributed by atoms with E-state index in [4.69, 9.17) is 0 Å². The highest BCUT2D eigenvalue weighted by molar-refractivity contribution is 7.90. The van der Waals surface area contributed by atoms with Crippen molar-refractivity contribution < 1.29 is 13.2 Å². The third-order valence-corrected chi connectivity index (χ3v) is 7.22. The van der Waals surface area contributed by atoms with Gasteiger partial charge in [0.1, 0.15) is 0 Å². The van der Waals surface area contributed by atoms with Gasteiger partial charge in [0, 0.05) is 25.2 Å². The van der Waals surface area contributed by atoms with Crippen LogP contribution in [0.1, 0.15) is 53.4 Å². The fourth-order valence-electron chi connectivity index (χ4n) is 2.85. The molecule has 1 heterocycles. The molecular weight excluding hydrogens is 288 g/mol. The van der Waals surface area contributed by atoms with Crippen molar-refractivity contribution in [3.05, 3.63) is 0 Å². The molecule has 0 aromatic heterocycles. The van der Waals surface area contributed by atoms with E-state index >= 15 is 0 Å². The lowest BCUT2D eigenvalue weighted by molar-refractivity contribution is -0.143. The third-order valence-electron chi connectivity index (χ3n) is 4.89. The minimum absolute atomic E-state index is 0.126. The molecule has 0 aromatic carbocycles. The maximum atomic E-state index is 12.7. The predicted molar refractivity (Wildman–Crippen MR) is 83.4 cm³/mol. The van der Waals surface area contributed by atoms with E-state index in [0.717, 1.165) is 25.7 Å². The number of carbonyl (C=O) groups is 1. The van der Waals surface area contributed by atoms with E-state index in [-0.39, 0.29) is 29.2 Å². The molecule has 2 unspecified atom stereocenters. The van der Waals surface area contributed by atoms with Crippen LogP contribution in [-0.2, 0) is 14.8 Å². The molecule has 2 rings (SSSR count). The van der Waals surface area contributed by atoms with Gasteiger partial charge in [-0.15, -0.1) is 0 Å². The van der Waals surface area contributed by atoms with Gasteiger partial charge in [-0.05, 0) is 39.5 Å². The molecule has 0 bridgehead atoms. The second-order valence-corrected chi connectivity index (χ2v) is 8.73. The summed E-state index contributed by atoms with van der Waals surface area (Å²) in [7, 11) is -3.11. The van der Waals surface area contributed by atoms with Gasteiger partial charge in [-0.1, -0.05) is 13.8 Å². The Morgan fingerprint density at radius 1 is 1.14 bits per heavy atom. The molecule has 2 atom stereocenters. The molecule has 5 nitrogen and oxygen atoms in total. The number of hydrogen-bond acceptors (Lipinski definition) is 3. The standard InChI is InChI=1S/C15H28N2O3S/c1-5-11(3)17(12(4)6-2)15(18)13-9-16(10-13)21(19,20)14-7-8-14/h11-14H,5-10H2,1-4H3. The minimum Gasteiger partial charge on any atom is -0.337 e. The van der Waals surface area contributed by atoms with Crippen LogP contribution in [0.3, 0.4) is 0 Å². The van der Waals surface area contributed by atoms with Crippen LogP contribution >= 0.6 is 0 Å². The van der Waals surface area contributed by atoms with Gasteiger partial charge >= 0.3 is 0 Å². The lowest BCUT2D eigenvalue weighted by atomic mass is 9.98. The van der Waals surface area contributed by atoms with Crippen LogP contribution < -0.4 is 0 Å². The first-order chi connectivity index (χ1) is 9.82. The molecule has 1 aliphatic carbocycles. The summed E-state index contributed by atoms with van der Waals surface area (Å²) in [6.45, 7) is 9.06. The molecule has 0 radical (unpaired) electrons. The van der Waals surface area contributed by atoms with Gasteiger partial charge in [0.15, 0.2) is 0 Å². The van der Waals surface area contributed by atoms with Crippen LogP contribution in [0.5, 0.6) is 0 Å². The zero-order valence-electron chi connectivity index (χ0n) is 13.6. The van der Waals surface area contributed by atoms with Crippen molar-refractivity contribution in [2.24, 2.45) is 5.92 Å². The van der Waals surface area contributed by atoms with Gasteiger partial charge in [0.2, 0.25) is 15.9 Å². The lowest BCUT2D eigenvalue weighted by Gasteiger charge is -2.43. The van der Waals surface area contributed by atoms with Gasteiger partial charge in [-0.25, -0.2) is 8.42 Å². The number of sulfonamides is 1. The Kier molecular flexibility index (Phi) is 4.98. The second kappa shape index (κ2) is 6.24. The molecule has 1 amide bonds. The number of nitrogens with zero attached hydrogens (tertiary/aromatic N) is 2. The SMILES string of the molecule is CCC(C)N(C(=O)C1CN(S(=O)(=O)C2CC2)C1)C(C)CC. The van der Waals surface area contributed by atoms with Gasteiger partial charge in [-0.3, -0.25) is 4.79 Å². The molecule has 0 spiro atoms. The van der Waals surface area contributed by atoms with E-state index in [2.05, 4.69) is 27.7 Å². The Bertz CT molecular complexity index is 471. The molecule has 122 valence electrons. The molecule has 1 saturated carbocycles. The maximum absolute atomic E-state index is 12.7. The van der Waals surface area contributed by atoms with Crippen molar-refractivity contribution in [1.29, 1.82) is 0 Å². The molecular formula is C15H28N2O3S. The Morgan fingerprint density at radius 2 is 1.62 bits per heavy atom. The quantitative estimate of drug-likeness (QED) is 0.720. The first kappa shape index (κ1) is 16.7. The first-order valence-corrected chi connectivity index (χ1v) is 9.64. The summed E-state index contributed by atoms with van der Waals surface area (Å²) in [5, 5.41) is -0.172. The van der Waals surface area contributed by atoms with Crippen LogP contribution in [-0.4, -0.2) is 54.0 Å². The predicted octanol–water partition coefficient (Wildman–Crippen LogP) is 1.84. The monoisotopic (exact) mass is 316 g/mol. The molecule has 2 fully saturated rings. The van der Waals surface area contributed by atoms with E-state index in [1.807, 2.05) is 4.90 Å². The highest BCUT2D eigenvalue weighted by Gasteiger charge is 2.48. The topological polar surface area (TPSA) is 57.7 Å². The Hall–Kier alpha value is -0.620. The molecule has 21 heavy (non-hydrogen) atoms. The number of rotatable bonds is 7. The highest BCUT2D eigenvalue weighted by atomic mass is 32.2. The summed E-state index contributed by atoms with van der Waals surface area (Å²) < 4.78 is 25.7. The third kappa shape index (κ3) is 3.26. The molecule has 0 aromatic rings. The highest BCUT2D eigenvalue weighted by Crippen LogP contribution is 2.35. The summed E-state index contributed by atoms with van der Waals surface area (Å²) in [5.41, 5.74) is 0. The molecule has 0 N–H and O–H groups in total. The van der Waals surface area contributed by atoms with Crippen LogP contribution in [0.2, 0.25) is 0 Å². The van der Waals surface area contributed by atoms with Gasteiger partial charge in [-0.2, -0.15) is 4.31 Å². The fourth-order valence-corrected chi connectivity index (χ4v) is 4.78. The van der Waals surface area contributed by atoms with Crippen molar-refractivity contribution in [3.8, 4) is 0 Å². The van der Waals surface area contributed by atoms with Crippen LogP contribution in [0.4, 0.5) is 0 Å². The van der Waals surface area contributed by atoms with Gasteiger partial charge < -0.3 is 4.90 Å². The first-order valence-electron chi connectivity index (χ1n) is 8.14. The van der Waals surface area contributed by atoms with Crippen LogP contribution in [0.15, 0.2) is 0 Å². The summed E-state index contributed by atoms with van der Waals surface area (Å²) in [6, 6.07) is 0.420. The van der Waals surface area contributed by atoms with E-state index in [1.165, 1.54) is 4.31 Å². The zero-order valence-corrected chi connectivity index (χ0v) is 14.4. The Morgan fingerprint density at radius 3 is 2.00 bits per heavy atom. The van der Waals surface area contributed by atoms with E-state index in [0.29, 0.717) is 13.1 Å². The van der Waals surface area contributed by atoms with E-state index in [9.17, 15) is 13.2 Å². The summed E-state index contributed by atoms with van der Waals surface area (Å²) >= 11 is 0. The summed E-state index contributed by atoms with van der Waals surface area (Å²) in [4.78, 5) is 14.7. The number of carbonyl (C=O) groups excluding carboxylic acids is 1. The Balaban J connectivity index is 1.97.